The number of nitrogens with zero attached hydrogens (tertiary/aromatic N) is 2. The summed E-state index contributed by atoms with van der Waals surface area (Å²) in [5, 5.41) is 3.11. The summed E-state index contributed by atoms with van der Waals surface area (Å²) in [5.41, 5.74) is 0.958. The first kappa shape index (κ1) is 11.1. The van der Waals surface area contributed by atoms with E-state index in [0.717, 1.165) is 9.26 Å². The smallest absolute Gasteiger partial charge is 0.230 e. The molecule has 0 aliphatic carbocycles. The number of methoxy groups -OCH3 is 1. The van der Waals surface area contributed by atoms with Gasteiger partial charge in [0, 0.05) is 21.5 Å². The van der Waals surface area contributed by atoms with Gasteiger partial charge in [0.05, 0.1) is 7.11 Å². The van der Waals surface area contributed by atoms with Crippen LogP contribution >= 0.6 is 22.6 Å². The van der Waals surface area contributed by atoms with Crippen molar-refractivity contribution >= 4 is 34.2 Å². The summed E-state index contributed by atoms with van der Waals surface area (Å²) in [6.45, 7) is 0. The van der Waals surface area contributed by atoms with E-state index in [9.17, 15) is 0 Å². The second-order valence-electron chi connectivity index (χ2n) is 3.06. The Labute approximate surface area is 107 Å². The molecule has 2 aromatic rings. The Hall–Kier alpha value is -1.37. The van der Waals surface area contributed by atoms with Crippen LogP contribution in [-0.2, 0) is 0 Å². The van der Waals surface area contributed by atoms with Gasteiger partial charge in [0.15, 0.2) is 0 Å². The Morgan fingerprint density at radius 1 is 1.31 bits per heavy atom. The first-order valence-corrected chi connectivity index (χ1v) is 5.75. The van der Waals surface area contributed by atoms with Crippen molar-refractivity contribution in [3.63, 3.8) is 0 Å². The summed E-state index contributed by atoms with van der Waals surface area (Å²) < 4.78 is 6.18. The molecule has 0 atom stereocenters. The summed E-state index contributed by atoms with van der Waals surface area (Å²) in [7, 11) is 1.58. The van der Waals surface area contributed by atoms with Crippen LogP contribution in [0.5, 0.6) is 5.88 Å². The highest BCUT2D eigenvalue weighted by Crippen LogP contribution is 2.17. The highest BCUT2D eigenvalue weighted by molar-refractivity contribution is 14.1. The van der Waals surface area contributed by atoms with Crippen LogP contribution in [0, 0.1) is 3.57 Å². The molecule has 0 fully saturated rings. The lowest BCUT2D eigenvalue weighted by molar-refractivity contribution is 0.397. The van der Waals surface area contributed by atoms with E-state index >= 15 is 0 Å². The van der Waals surface area contributed by atoms with Gasteiger partial charge in [0.25, 0.3) is 0 Å². The van der Waals surface area contributed by atoms with Crippen molar-refractivity contribution in [2.24, 2.45) is 0 Å². The monoisotopic (exact) mass is 327 g/mol. The molecule has 5 heteroatoms. The number of halogens is 1. The fourth-order valence-corrected chi connectivity index (χ4v) is 1.75. The van der Waals surface area contributed by atoms with Gasteiger partial charge >= 0.3 is 0 Å². The highest BCUT2D eigenvalue weighted by Gasteiger charge is 1.99. The molecule has 16 heavy (non-hydrogen) atoms. The molecule has 0 bridgehead atoms. The molecule has 0 aliphatic heterocycles. The SMILES string of the molecule is COc1ccnc(Nc2cccc(I)c2)n1. The second-order valence-corrected chi connectivity index (χ2v) is 4.30. The van der Waals surface area contributed by atoms with Gasteiger partial charge in [-0.2, -0.15) is 4.98 Å². The zero-order chi connectivity index (χ0) is 11.4. The third kappa shape index (κ3) is 2.82. The quantitative estimate of drug-likeness (QED) is 0.881. The predicted octanol–water partition coefficient (Wildman–Crippen LogP) is 2.83. The van der Waals surface area contributed by atoms with Crippen LogP contribution in [0.3, 0.4) is 0 Å². The van der Waals surface area contributed by atoms with Crippen LogP contribution in [0.25, 0.3) is 0 Å². The minimum Gasteiger partial charge on any atom is -0.481 e. The van der Waals surface area contributed by atoms with Crippen LogP contribution in [0.4, 0.5) is 11.6 Å². The van der Waals surface area contributed by atoms with E-state index in [4.69, 9.17) is 4.74 Å². The number of hydrogen-bond acceptors (Lipinski definition) is 4. The Morgan fingerprint density at radius 3 is 2.94 bits per heavy atom. The van der Waals surface area contributed by atoms with Crippen molar-refractivity contribution in [1.29, 1.82) is 0 Å². The van der Waals surface area contributed by atoms with Gasteiger partial charge in [-0.3, -0.25) is 0 Å². The van der Waals surface area contributed by atoms with Gasteiger partial charge in [-0.1, -0.05) is 6.07 Å². The number of anilines is 2. The molecule has 1 aromatic carbocycles. The number of ether oxygens (including phenoxy) is 1. The normalized spacial score (nSPS) is 9.88. The third-order valence-corrected chi connectivity index (χ3v) is 2.59. The van der Waals surface area contributed by atoms with E-state index in [0.29, 0.717) is 11.8 Å². The summed E-state index contributed by atoms with van der Waals surface area (Å²) >= 11 is 2.26. The highest BCUT2D eigenvalue weighted by atomic mass is 127. The zero-order valence-electron chi connectivity index (χ0n) is 8.64. The molecule has 0 radical (unpaired) electrons. The first-order chi connectivity index (χ1) is 7.78. The molecule has 1 heterocycles. The molecular weight excluding hydrogens is 317 g/mol. The van der Waals surface area contributed by atoms with E-state index in [1.54, 1.807) is 19.4 Å². The van der Waals surface area contributed by atoms with Crippen molar-refractivity contribution < 1.29 is 4.74 Å². The first-order valence-electron chi connectivity index (χ1n) is 4.67. The molecule has 0 amide bonds. The van der Waals surface area contributed by atoms with Crippen molar-refractivity contribution in [1.82, 2.24) is 9.97 Å². The molecule has 4 nitrogen and oxygen atoms in total. The molecule has 1 aromatic heterocycles. The summed E-state index contributed by atoms with van der Waals surface area (Å²) in [5.74, 6) is 1.07. The third-order valence-electron chi connectivity index (χ3n) is 1.92. The molecular formula is C11H10IN3O. The van der Waals surface area contributed by atoms with E-state index in [1.807, 2.05) is 24.3 Å². The summed E-state index contributed by atoms with van der Waals surface area (Å²) in [6.07, 6.45) is 1.65. The molecule has 0 saturated heterocycles. The molecule has 82 valence electrons. The molecule has 0 unspecified atom stereocenters. The van der Waals surface area contributed by atoms with Crippen molar-refractivity contribution in [2.75, 3.05) is 12.4 Å². The number of rotatable bonds is 3. The number of nitrogens with one attached hydrogen (secondary N) is 1. The van der Waals surface area contributed by atoms with Gasteiger partial charge in [0.1, 0.15) is 0 Å². The Kier molecular flexibility index (Phi) is 3.55. The molecule has 0 saturated carbocycles. The van der Waals surface area contributed by atoms with Crippen molar-refractivity contribution in [3.05, 3.63) is 40.1 Å². The average molecular weight is 327 g/mol. The maximum absolute atomic E-state index is 5.02. The van der Waals surface area contributed by atoms with E-state index < -0.39 is 0 Å². The van der Waals surface area contributed by atoms with Crippen molar-refractivity contribution in [2.45, 2.75) is 0 Å². The van der Waals surface area contributed by atoms with E-state index in [-0.39, 0.29) is 0 Å². The molecule has 1 N–H and O–H groups in total. The molecule has 2 rings (SSSR count). The van der Waals surface area contributed by atoms with Crippen LogP contribution in [0.2, 0.25) is 0 Å². The Bertz CT molecular complexity index is 490. The van der Waals surface area contributed by atoms with Crippen LogP contribution in [0.1, 0.15) is 0 Å². The molecule has 0 spiro atoms. The van der Waals surface area contributed by atoms with E-state index in [1.165, 1.54) is 0 Å². The number of hydrogen-bond donors (Lipinski definition) is 1. The summed E-state index contributed by atoms with van der Waals surface area (Å²) in [4.78, 5) is 8.28. The topological polar surface area (TPSA) is 47.0 Å². The van der Waals surface area contributed by atoms with E-state index in [2.05, 4.69) is 37.9 Å². The van der Waals surface area contributed by atoms with Crippen molar-refractivity contribution in [3.8, 4) is 5.88 Å². The van der Waals surface area contributed by atoms with Gasteiger partial charge in [-0.15, -0.1) is 0 Å². The number of benzene rings is 1. The fourth-order valence-electron chi connectivity index (χ4n) is 1.21. The minimum atomic E-state index is 0.529. The lowest BCUT2D eigenvalue weighted by Gasteiger charge is -2.05. The van der Waals surface area contributed by atoms with Gasteiger partial charge < -0.3 is 10.1 Å². The summed E-state index contributed by atoms with van der Waals surface area (Å²) in [6, 6.07) is 9.69. The Morgan fingerprint density at radius 2 is 2.19 bits per heavy atom. The average Bonchev–Trinajstić information content (AvgIpc) is 2.29. The lowest BCUT2D eigenvalue weighted by atomic mass is 10.3. The van der Waals surface area contributed by atoms with Gasteiger partial charge in [-0.25, -0.2) is 4.98 Å². The second kappa shape index (κ2) is 5.11. The maximum Gasteiger partial charge on any atom is 0.230 e. The predicted molar refractivity (Wildman–Crippen MR) is 71.0 cm³/mol. The Balaban J connectivity index is 2.20. The fraction of sp³-hybridized carbons (Fsp3) is 0.0909. The van der Waals surface area contributed by atoms with Crippen LogP contribution < -0.4 is 10.1 Å². The van der Waals surface area contributed by atoms with Crippen LogP contribution in [0.15, 0.2) is 36.5 Å². The minimum absolute atomic E-state index is 0.529. The molecule has 0 aliphatic rings. The largest absolute Gasteiger partial charge is 0.481 e. The standard InChI is InChI=1S/C11H10IN3O/c1-16-10-5-6-13-11(15-10)14-9-4-2-3-8(12)7-9/h2-7H,1H3,(H,13,14,15). The van der Waals surface area contributed by atoms with Gasteiger partial charge in [-0.05, 0) is 40.8 Å². The number of aromatic nitrogens is 2. The van der Waals surface area contributed by atoms with Gasteiger partial charge in [0.2, 0.25) is 11.8 Å². The zero-order valence-corrected chi connectivity index (χ0v) is 10.8. The van der Waals surface area contributed by atoms with Crippen LogP contribution in [-0.4, -0.2) is 17.1 Å². The maximum atomic E-state index is 5.02. The lowest BCUT2D eigenvalue weighted by Crippen LogP contribution is -1.98.